The van der Waals surface area contributed by atoms with E-state index in [0.717, 1.165) is 22.9 Å². The molecule has 1 aliphatic rings. The SMILES string of the molecule is COC(=O)Nc1nc2ccc(S(=O)(=O)N(CC(O)C(Cc3ccccc3)NC(=O)OC(C)(C)C)OC3CCCC3)cc2[nH]1. The molecule has 1 aliphatic carbocycles. The summed E-state index contributed by atoms with van der Waals surface area (Å²) in [4.78, 5) is 37.3. The minimum atomic E-state index is -4.31. The number of nitrogens with one attached hydrogen (secondary N) is 3. The molecule has 14 heteroatoms. The molecular weight excluding hydrogens is 578 g/mol. The number of aromatic nitrogens is 2. The second-order valence-electron chi connectivity index (χ2n) is 11.4. The number of hydrogen-bond donors (Lipinski definition) is 4. The van der Waals surface area contributed by atoms with E-state index in [1.165, 1.54) is 25.3 Å². The van der Waals surface area contributed by atoms with Crippen LogP contribution in [-0.2, 0) is 30.8 Å². The zero-order chi connectivity index (χ0) is 31.2. The topological polar surface area (TPSA) is 172 Å². The summed E-state index contributed by atoms with van der Waals surface area (Å²) in [7, 11) is -3.10. The summed E-state index contributed by atoms with van der Waals surface area (Å²) in [6.07, 6.45) is 0.177. The number of alkyl carbamates (subject to hydrolysis) is 1. The predicted molar refractivity (Wildman–Crippen MR) is 159 cm³/mol. The summed E-state index contributed by atoms with van der Waals surface area (Å²) >= 11 is 0. The minimum absolute atomic E-state index is 0.0860. The van der Waals surface area contributed by atoms with Crippen LogP contribution in [0.5, 0.6) is 0 Å². The van der Waals surface area contributed by atoms with Crippen LogP contribution in [0.1, 0.15) is 52.0 Å². The maximum absolute atomic E-state index is 14.0. The number of rotatable bonds is 11. The second-order valence-corrected chi connectivity index (χ2v) is 13.2. The van der Waals surface area contributed by atoms with Crippen LogP contribution in [0.4, 0.5) is 15.5 Å². The van der Waals surface area contributed by atoms with Gasteiger partial charge in [0.15, 0.2) is 0 Å². The van der Waals surface area contributed by atoms with Gasteiger partial charge in [0, 0.05) is 0 Å². The quantitative estimate of drug-likeness (QED) is 0.231. The maximum Gasteiger partial charge on any atom is 0.413 e. The van der Waals surface area contributed by atoms with Crippen molar-refractivity contribution in [3.63, 3.8) is 0 Å². The lowest BCUT2D eigenvalue weighted by Gasteiger charge is -2.31. The Morgan fingerprint density at radius 1 is 1.12 bits per heavy atom. The monoisotopic (exact) mass is 617 g/mol. The number of H-pyrrole nitrogens is 1. The van der Waals surface area contributed by atoms with Gasteiger partial charge in [-0.25, -0.2) is 23.0 Å². The molecule has 0 aliphatic heterocycles. The van der Waals surface area contributed by atoms with Crippen molar-refractivity contribution in [2.45, 2.75) is 81.6 Å². The van der Waals surface area contributed by atoms with Gasteiger partial charge in [-0.2, -0.15) is 0 Å². The van der Waals surface area contributed by atoms with E-state index in [0.29, 0.717) is 23.9 Å². The van der Waals surface area contributed by atoms with Gasteiger partial charge in [-0.1, -0.05) is 47.6 Å². The molecule has 1 saturated carbocycles. The lowest BCUT2D eigenvalue weighted by atomic mass is 10.0. The first-order valence-corrected chi connectivity index (χ1v) is 15.5. The molecule has 43 heavy (non-hydrogen) atoms. The van der Waals surface area contributed by atoms with Gasteiger partial charge in [0.05, 0.1) is 47.8 Å². The molecule has 234 valence electrons. The number of carbonyl (C=O) groups excluding carboxylic acids is 2. The number of anilines is 1. The fourth-order valence-corrected chi connectivity index (χ4v) is 6.05. The number of ether oxygens (including phenoxy) is 2. The van der Waals surface area contributed by atoms with Gasteiger partial charge in [-0.3, -0.25) is 10.2 Å². The van der Waals surface area contributed by atoms with Crippen molar-refractivity contribution >= 4 is 39.2 Å². The van der Waals surface area contributed by atoms with Gasteiger partial charge < -0.3 is 24.9 Å². The number of hydrogen-bond acceptors (Lipinski definition) is 9. The number of amides is 2. The van der Waals surface area contributed by atoms with Crippen molar-refractivity contribution in [1.29, 1.82) is 0 Å². The number of methoxy groups -OCH3 is 1. The molecule has 13 nitrogen and oxygen atoms in total. The Morgan fingerprint density at radius 2 is 1.81 bits per heavy atom. The molecule has 0 bridgehead atoms. The number of aliphatic hydroxyl groups excluding tert-OH is 1. The maximum atomic E-state index is 14.0. The largest absolute Gasteiger partial charge is 0.453 e. The molecule has 2 atom stereocenters. The van der Waals surface area contributed by atoms with Gasteiger partial charge in [0.2, 0.25) is 5.95 Å². The average molecular weight is 618 g/mol. The first-order valence-electron chi connectivity index (χ1n) is 14.1. The Balaban J connectivity index is 1.61. The fraction of sp³-hybridized carbons (Fsp3) is 0.483. The number of benzene rings is 2. The number of fused-ring (bicyclic) bond motifs is 1. The fourth-order valence-electron chi connectivity index (χ4n) is 4.72. The summed E-state index contributed by atoms with van der Waals surface area (Å²) in [5.74, 6) is 0.0860. The summed E-state index contributed by atoms with van der Waals surface area (Å²) in [6, 6.07) is 12.6. The molecule has 4 rings (SSSR count). The lowest BCUT2D eigenvalue weighted by molar-refractivity contribution is -0.145. The molecule has 1 heterocycles. The van der Waals surface area contributed by atoms with Crippen molar-refractivity contribution in [1.82, 2.24) is 19.8 Å². The van der Waals surface area contributed by atoms with Crippen molar-refractivity contribution in [2.24, 2.45) is 0 Å². The normalized spacial score (nSPS) is 15.8. The molecule has 1 fully saturated rings. The van der Waals surface area contributed by atoms with E-state index in [1.807, 2.05) is 30.3 Å². The zero-order valence-electron chi connectivity index (χ0n) is 24.7. The number of aromatic amines is 1. The van der Waals surface area contributed by atoms with E-state index in [9.17, 15) is 23.1 Å². The third kappa shape index (κ3) is 8.89. The highest BCUT2D eigenvalue weighted by molar-refractivity contribution is 7.89. The number of aliphatic hydroxyl groups is 1. The average Bonchev–Trinajstić information content (AvgIpc) is 3.60. The Labute approximate surface area is 250 Å². The number of nitrogens with zero attached hydrogens (tertiary/aromatic N) is 2. The molecule has 2 unspecified atom stereocenters. The van der Waals surface area contributed by atoms with Crippen LogP contribution < -0.4 is 10.6 Å². The van der Waals surface area contributed by atoms with Gasteiger partial charge in [-0.05, 0) is 63.8 Å². The predicted octanol–water partition coefficient (Wildman–Crippen LogP) is 4.10. The van der Waals surface area contributed by atoms with Crippen molar-refractivity contribution in [3.8, 4) is 0 Å². The van der Waals surface area contributed by atoms with E-state index in [2.05, 4.69) is 25.3 Å². The van der Waals surface area contributed by atoms with Crippen LogP contribution >= 0.6 is 0 Å². The Hall–Kier alpha value is -3.72. The molecule has 1 aromatic heterocycles. The van der Waals surface area contributed by atoms with Gasteiger partial charge >= 0.3 is 12.2 Å². The number of hydroxylamine groups is 1. The van der Waals surface area contributed by atoms with E-state index in [4.69, 9.17) is 9.57 Å². The number of carbonyl (C=O) groups is 2. The third-order valence-electron chi connectivity index (χ3n) is 6.80. The van der Waals surface area contributed by atoms with Crippen molar-refractivity contribution < 1.29 is 37.4 Å². The number of imidazole rings is 1. The van der Waals surface area contributed by atoms with Crippen LogP contribution in [0.2, 0.25) is 0 Å². The molecule has 0 spiro atoms. The summed E-state index contributed by atoms with van der Waals surface area (Å²) in [5, 5.41) is 16.6. The molecule has 3 aromatic rings. The van der Waals surface area contributed by atoms with E-state index in [1.54, 1.807) is 20.8 Å². The third-order valence-corrected chi connectivity index (χ3v) is 8.42. The van der Waals surface area contributed by atoms with Crippen LogP contribution in [0.15, 0.2) is 53.4 Å². The van der Waals surface area contributed by atoms with Crippen molar-refractivity contribution in [2.75, 3.05) is 19.0 Å². The molecule has 2 amide bonds. The number of sulfonamides is 1. The second kappa shape index (κ2) is 13.7. The summed E-state index contributed by atoms with van der Waals surface area (Å²) in [5.41, 5.74) is 0.820. The molecule has 0 radical (unpaired) electrons. The molecule has 0 saturated heterocycles. The van der Waals surface area contributed by atoms with E-state index >= 15 is 0 Å². The van der Waals surface area contributed by atoms with Crippen LogP contribution in [0, 0.1) is 0 Å². The zero-order valence-corrected chi connectivity index (χ0v) is 25.5. The minimum Gasteiger partial charge on any atom is -0.453 e. The standard InChI is InChI=1S/C29H39N5O8S/c1-29(2,3)41-28(37)32-24(16-19-10-6-5-7-11-19)25(35)18-34(42-20-12-8-9-13-20)43(38,39)21-14-15-22-23(17-21)31-26(30-22)33-27(36)40-4/h5-7,10-11,14-15,17,20,24-25,35H,8-9,12-13,16,18H2,1-4H3,(H,32,37)(H2,30,31,33,36). The summed E-state index contributed by atoms with van der Waals surface area (Å²) in [6.45, 7) is 4.72. The highest BCUT2D eigenvalue weighted by atomic mass is 32.2. The van der Waals surface area contributed by atoms with Crippen LogP contribution in [0.3, 0.4) is 0 Å². The highest BCUT2D eigenvalue weighted by Crippen LogP contribution is 2.28. The smallest absolute Gasteiger partial charge is 0.413 e. The van der Waals surface area contributed by atoms with Crippen LogP contribution in [-0.4, -0.2) is 77.7 Å². The van der Waals surface area contributed by atoms with E-state index < -0.39 is 46.5 Å². The first kappa shape index (κ1) is 32.2. The highest BCUT2D eigenvalue weighted by Gasteiger charge is 2.35. The Morgan fingerprint density at radius 3 is 2.47 bits per heavy atom. The van der Waals surface area contributed by atoms with Gasteiger partial charge in [0.25, 0.3) is 10.0 Å². The van der Waals surface area contributed by atoms with Crippen molar-refractivity contribution in [3.05, 3.63) is 54.1 Å². The van der Waals surface area contributed by atoms with Gasteiger partial charge in [0.1, 0.15) is 5.60 Å². The molecule has 4 N–H and O–H groups in total. The Kier molecular flexibility index (Phi) is 10.3. The lowest BCUT2D eigenvalue weighted by Crippen LogP contribution is -2.51. The van der Waals surface area contributed by atoms with E-state index in [-0.39, 0.29) is 23.4 Å². The summed E-state index contributed by atoms with van der Waals surface area (Å²) < 4.78 is 38.8. The Bertz CT molecular complexity index is 1500. The molecular formula is C29H39N5O8S. The van der Waals surface area contributed by atoms with Crippen LogP contribution in [0.25, 0.3) is 11.0 Å². The first-order chi connectivity index (χ1) is 20.3. The van der Waals surface area contributed by atoms with Gasteiger partial charge in [-0.15, -0.1) is 0 Å². The molecule has 2 aromatic carbocycles.